The van der Waals surface area contributed by atoms with Crippen LogP contribution in [0.5, 0.6) is 0 Å². The number of nitrogens with zero attached hydrogens (tertiary/aromatic N) is 2. The minimum atomic E-state index is -5.22. The molecule has 2 unspecified atom stereocenters. The molecule has 3 rings (SSSR count). The molecule has 1 N–H and O–H groups in total. The van der Waals surface area contributed by atoms with Crippen LogP contribution in [0.2, 0.25) is 0 Å². The van der Waals surface area contributed by atoms with Crippen LogP contribution in [0, 0.1) is 23.5 Å². The highest BCUT2D eigenvalue weighted by Gasteiger charge is 2.55. The highest BCUT2D eigenvalue weighted by atomic mass is 32.2. The number of rotatable bonds is 8. The quantitative estimate of drug-likeness (QED) is 0.196. The molecule has 7 nitrogen and oxygen atoms in total. The van der Waals surface area contributed by atoms with Gasteiger partial charge >= 0.3 is 12.4 Å². The number of hydrogen-bond donors (Lipinski definition) is 1. The van der Waals surface area contributed by atoms with Crippen molar-refractivity contribution < 1.29 is 53.1 Å². The van der Waals surface area contributed by atoms with Crippen LogP contribution in [0.3, 0.4) is 0 Å². The van der Waals surface area contributed by atoms with Crippen molar-refractivity contribution in [1.29, 1.82) is 0 Å². The van der Waals surface area contributed by atoms with Crippen LogP contribution in [0.15, 0.2) is 39.9 Å². The summed E-state index contributed by atoms with van der Waals surface area (Å²) >= 11 is 0. The Labute approximate surface area is 229 Å². The van der Waals surface area contributed by atoms with Gasteiger partial charge in [0.05, 0.1) is 22.4 Å². The zero-order chi connectivity index (χ0) is 31.1. The van der Waals surface area contributed by atoms with Crippen LogP contribution in [0.4, 0.5) is 35.1 Å². The van der Waals surface area contributed by atoms with E-state index in [1.165, 1.54) is 0 Å². The Kier molecular flexibility index (Phi) is 9.06. The summed E-state index contributed by atoms with van der Waals surface area (Å²) in [6, 6.07) is -3.49. The third-order valence-corrected chi connectivity index (χ3v) is 7.89. The number of benzene rings is 1. The van der Waals surface area contributed by atoms with Crippen molar-refractivity contribution in [2.45, 2.75) is 50.6 Å². The van der Waals surface area contributed by atoms with Crippen LogP contribution in [-0.4, -0.2) is 56.9 Å². The maximum Gasteiger partial charge on any atom is 0.419 e. The molecule has 41 heavy (non-hydrogen) atoms. The van der Waals surface area contributed by atoms with Gasteiger partial charge in [-0.2, -0.15) is 26.3 Å². The average Bonchev–Trinajstić information content (AvgIpc) is 3.57. The lowest BCUT2D eigenvalue weighted by atomic mass is 9.95. The van der Waals surface area contributed by atoms with Gasteiger partial charge in [-0.15, -0.1) is 0 Å². The predicted octanol–water partition coefficient (Wildman–Crippen LogP) is 4.86. The fourth-order valence-electron chi connectivity index (χ4n) is 4.65. The maximum atomic E-state index is 14.7. The molecule has 226 valence electrons. The number of hydrogen-bond acceptors (Lipinski definition) is 5. The molecule has 0 bridgehead atoms. The van der Waals surface area contributed by atoms with E-state index in [-0.39, 0.29) is 17.7 Å². The smallest absolute Gasteiger partial charge is 0.347 e. The third-order valence-electron chi connectivity index (χ3n) is 6.81. The second kappa shape index (κ2) is 11.5. The van der Waals surface area contributed by atoms with Crippen LogP contribution >= 0.6 is 0 Å². The number of nitrogens with one attached hydrogen (secondary N) is 1. The first-order valence-electron chi connectivity index (χ1n) is 12.1. The van der Waals surface area contributed by atoms with Crippen molar-refractivity contribution in [3.05, 3.63) is 57.6 Å². The van der Waals surface area contributed by atoms with E-state index in [1.807, 2.05) is 0 Å². The third kappa shape index (κ3) is 7.32. The van der Waals surface area contributed by atoms with Gasteiger partial charge in [0.25, 0.3) is 0 Å². The number of sulfone groups is 1. The molecule has 1 aromatic carbocycles. The monoisotopic (exact) mass is 615 g/mol. The average molecular weight is 616 g/mol. The summed E-state index contributed by atoms with van der Waals surface area (Å²) in [5.41, 5.74) is -2.91. The van der Waals surface area contributed by atoms with E-state index >= 15 is 0 Å². The van der Waals surface area contributed by atoms with E-state index in [1.54, 1.807) is 0 Å². The molecular weight excluding hydrogens is 590 g/mol. The van der Waals surface area contributed by atoms with Crippen LogP contribution < -0.4 is 5.32 Å². The van der Waals surface area contributed by atoms with E-state index in [0.29, 0.717) is 17.7 Å². The minimum absolute atomic E-state index is 0.0880. The first-order valence-corrected chi connectivity index (χ1v) is 13.9. The number of alkyl halides is 6. The molecule has 2 amide bonds. The summed E-state index contributed by atoms with van der Waals surface area (Å²) in [7, 11) is -3.93. The van der Waals surface area contributed by atoms with E-state index in [4.69, 9.17) is 0 Å². The number of carbonyl (C=O) groups excluding carboxylic acids is 2. The summed E-state index contributed by atoms with van der Waals surface area (Å²) in [6.45, 7) is 3.68. The summed E-state index contributed by atoms with van der Waals surface area (Å²) < 4.78 is 134. The molecule has 1 aliphatic carbocycles. The SMILES string of the molecule is C=N/C=C(\C=C(/C)C(=O)N1CCC(C(F)(F)F)C1C(=O)N[C@@H](c1cc(F)c(C(F)(F)F)cc1F)C1CC1)S(C)(=O)=O. The number of amides is 2. The molecule has 0 spiro atoms. The number of halogens is 8. The number of likely N-dealkylation sites (tertiary alicyclic amines) is 1. The van der Waals surface area contributed by atoms with Gasteiger partial charge in [-0.1, -0.05) is 0 Å². The topological polar surface area (TPSA) is 95.9 Å². The Morgan fingerprint density at radius 3 is 2.20 bits per heavy atom. The Morgan fingerprint density at radius 1 is 1.10 bits per heavy atom. The zero-order valence-electron chi connectivity index (χ0n) is 21.6. The maximum absolute atomic E-state index is 14.7. The largest absolute Gasteiger partial charge is 0.419 e. The van der Waals surface area contributed by atoms with Crippen molar-refractivity contribution in [3.63, 3.8) is 0 Å². The van der Waals surface area contributed by atoms with E-state index in [0.717, 1.165) is 25.5 Å². The predicted molar refractivity (Wildman–Crippen MR) is 131 cm³/mol. The summed E-state index contributed by atoms with van der Waals surface area (Å²) in [5, 5.41) is 2.20. The van der Waals surface area contributed by atoms with Gasteiger partial charge in [0.1, 0.15) is 17.7 Å². The summed E-state index contributed by atoms with van der Waals surface area (Å²) in [5.74, 6) is -8.80. The minimum Gasteiger partial charge on any atom is -0.347 e. The van der Waals surface area contributed by atoms with Gasteiger partial charge in [-0.05, 0) is 57.0 Å². The summed E-state index contributed by atoms with van der Waals surface area (Å²) in [6.07, 6.45) is -7.77. The molecule has 1 heterocycles. The molecule has 1 aliphatic heterocycles. The first kappa shape index (κ1) is 32.2. The molecule has 3 atom stereocenters. The Balaban J connectivity index is 1.99. The number of allylic oxidation sites excluding steroid dienone is 1. The normalized spacial score (nSPS) is 21.6. The molecular formula is C25H25F8N3O4S. The van der Waals surface area contributed by atoms with Crippen molar-refractivity contribution in [2.75, 3.05) is 12.8 Å². The lowest BCUT2D eigenvalue weighted by molar-refractivity contribution is -0.184. The van der Waals surface area contributed by atoms with Crippen molar-refractivity contribution in [1.82, 2.24) is 10.2 Å². The molecule has 2 fully saturated rings. The standard InChI is InChI=1S/C25H25F8N3O4S/c1-12(8-14(11-34-2)41(3,39)40)23(38)36-7-6-16(24(28,29)30)21(36)22(37)35-20(13-4-5-13)15-9-19(27)17(10-18(15)26)25(31,32)33/h8-11,13,16,20-21H,2,4-7H2,1,3H3,(H,35,37)/b12-8+,14-11+/t16?,20-,21?/m1/s1. The Morgan fingerprint density at radius 2 is 1.71 bits per heavy atom. The van der Waals surface area contributed by atoms with E-state index in [2.05, 4.69) is 17.0 Å². The molecule has 2 aliphatic rings. The van der Waals surface area contributed by atoms with Crippen molar-refractivity contribution in [3.8, 4) is 0 Å². The fourth-order valence-corrected chi connectivity index (χ4v) is 5.31. The Hall–Kier alpha value is -3.30. The lowest BCUT2D eigenvalue weighted by Crippen LogP contribution is -2.52. The molecule has 1 aromatic rings. The van der Waals surface area contributed by atoms with Gasteiger partial charge in [0, 0.05) is 30.1 Å². The zero-order valence-corrected chi connectivity index (χ0v) is 22.4. The molecule has 1 saturated carbocycles. The van der Waals surface area contributed by atoms with Gasteiger partial charge in [-0.25, -0.2) is 17.2 Å². The second-order valence-electron chi connectivity index (χ2n) is 9.87. The highest BCUT2D eigenvalue weighted by Crippen LogP contribution is 2.44. The van der Waals surface area contributed by atoms with Gasteiger partial charge in [-0.3, -0.25) is 14.6 Å². The second-order valence-corrected chi connectivity index (χ2v) is 11.9. The van der Waals surface area contributed by atoms with Gasteiger partial charge in [0.15, 0.2) is 9.84 Å². The molecule has 0 radical (unpaired) electrons. The van der Waals surface area contributed by atoms with Crippen LogP contribution in [0.1, 0.15) is 43.4 Å². The summed E-state index contributed by atoms with van der Waals surface area (Å²) in [4.78, 5) is 29.9. The number of carbonyl (C=O) groups is 2. The van der Waals surface area contributed by atoms with Gasteiger partial charge in [0.2, 0.25) is 11.8 Å². The van der Waals surface area contributed by atoms with Crippen molar-refractivity contribution in [2.24, 2.45) is 16.8 Å². The fraction of sp³-hybridized carbons (Fsp3) is 0.480. The molecule has 1 saturated heterocycles. The molecule has 16 heteroatoms. The van der Waals surface area contributed by atoms with Crippen LogP contribution in [-0.2, 0) is 25.6 Å². The number of aliphatic imine (C=N–C) groups is 1. The lowest BCUT2D eigenvalue weighted by Gasteiger charge is -2.31. The Bertz CT molecular complexity index is 1400. The van der Waals surface area contributed by atoms with Crippen molar-refractivity contribution >= 4 is 28.4 Å². The molecule has 0 aromatic heterocycles. The highest BCUT2D eigenvalue weighted by molar-refractivity contribution is 7.94. The van der Waals surface area contributed by atoms with Gasteiger partial charge < -0.3 is 10.2 Å². The first-order chi connectivity index (χ1) is 18.8. The van der Waals surface area contributed by atoms with Crippen LogP contribution in [0.25, 0.3) is 0 Å². The van der Waals surface area contributed by atoms with E-state index < -0.39 is 98.6 Å². The van der Waals surface area contributed by atoms with E-state index in [9.17, 15) is 53.1 Å².